The average Bonchev–Trinajstić information content (AvgIpc) is 2.30. The van der Waals surface area contributed by atoms with Crippen LogP contribution in [-0.2, 0) is 11.2 Å². The second-order valence-electron chi connectivity index (χ2n) is 4.58. The first-order chi connectivity index (χ1) is 7.56. The van der Waals surface area contributed by atoms with Crippen molar-refractivity contribution in [3.05, 3.63) is 35.9 Å². The predicted molar refractivity (Wildman–Crippen MR) is 73.2 cm³/mol. The smallest absolute Gasteiger partial charge is 0.226 e. The van der Waals surface area contributed by atoms with Crippen molar-refractivity contribution in [2.24, 2.45) is 11.1 Å². The van der Waals surface area contributed by atoms with Crippen molar-refractivity contribution in [1.29, 1.82) is 0 Å². The van der Waals surface area contributed by atoms with Crippen LogP contribution in [0, 0.1) is 5.41 Å². The molecule has 96 valence electrons. The largest absolute Gasteiger partial charge is 0.355 e. The number of nitrogens with two attached hydrogens (primary N) is 1. The fourth-order valence-electron chi connectivity index (χ4n) is 1.30. The number of halogens is 1. The summed E-state index contributed by atoms with van der Waals surface area (Å²) in [4.78, 5) is 11.7. The van der Waals surface area contributed by atoms with Gasteiger partial charge in [0.2, 0.25) is 5.91 Å². The van der Waals surface area contributed by atoms with Gasteiger partial charge in [-0.1, -0.05) is 30.3 Å². The molecule has 17 heavy (non-hydrogen) atoms. The molecule has 1 amide bonds. The van der Waals surface area contributed by atoms with Crippen LogP contribution < -0.4 is 11.1 Å². The standard InChI is InChI=1S/C13H20N2O.ClH/c1-13(2,10-14)12(16)15-9-8-11-6-4-3-5-7-11;/h3-7H,8-10,14H2,1-2H3,(H,15,16);1H. The van der Waals surface area contributed by atoms with Crippen molar-refractivity contribution < 1.29 is 4.79 Å². The van der Waals surface area contributed by atoms with E-state index in [1.54, 1.807) is 0 Å². The summed E-state index contributed by atoms with van der Waals surface area (Å²) in [5, 5.41) is 2.90. The van der Waals surface area contributed by atoms with Crippen LogP contribution in [0.4, 0.5) is 0 Å². The maximum Gasteiger partial charge on any atom is 0.226 e. The fraction of sp³-hybridized carbons (Fsp3) is 0.462. The first-order valence-corrected chi connectivity index (χ1v) is 5.58. The van der Waals surface area contributed by atoms with Crippen LogP contribution in [0.25, 0.3) is 0 Å². The van der Waals surface area contributed by atoms with Gasteiger partial charge in [-0.05, 0) is 25.8 Å². The van der Waals surface area contributed by atoms with Gasteiger partial charge in [-0.2, -0.15) is 0 Å². The zero-order chi connectivity index (χ0) is 12.0. The Kier molecular flexibility index (Phi) is 6.85. The van der Waals surface area contributed by atoms with Gasteiger partial charge in [0, 0.05) is 13.1 Å². The number of amides is 1. The minimum atomic E-state index is -0.476. The third kappa shape index (κ3) is 5.20. The highest BCUT2D eigenvalue weighted by Crippen LogP contribution is 2.11. The van der Waals surface area contributed by atoms with Gasteiger partial charge < -0.3 is 11.1 Å². The Morgan fingerprint density at radius 2 is 1.88 bits per heavy atom. The van der Waals surface area contributed by atoms with Crippen LogP contribution in [0.3, 0.4) is 0 Å². The van der Waals surface area contributed by atoms with E-state index in [4.69, 9.17) is 5.73 Å². The van der Waals surface area contributed by atoms with E-state index in [2.05, 4.69) is 17.4 Å². The Bertz CT molecular complexity index is 339. The Balaban J connectivity index is 0.00000256. The van der Waals surface area contributed by atoms with Gasteiger partial charge in [-0.3, -0.25) is 4.79 Å². The summed E-state index contributed by atoms with van der Waals surface area (Å²) in [6.45, 7) is 4.73. The highest BCUT2D eigenvalue weighted by Gasteiger charge is 2.24. The maximum absolute atomic E-state index is 11.7. The molecule has 0 fully saturated rings. The Morgan fingerprint density at radius 1 is 1.29 bits per heavy atom. The highest BCUT2D eigenvalue weighted by atomic mass is 35.5. The first kappa shape index (κ1) is 15.9. The summed E-state index contributed by atoms with van der Waals surface area (Å²) in [7, 11) is 0. The van der Waals surface area contributed by atoms with E-state index in [1.165, 1.54) is 5.56 Å². The number of rotatable bonds is 5. The number of hydrogen-bond acceptors (Lipinski definition) is 2. The number of nitrogens with one attached hydrogen (secondary N) is 1. The summed E-state index contributed by atoms with van der Waals surface area (Å²) >= 11 is 0. The van der Waals surface area contributed by atoms with Crippen molar-refractivity contribution in [3.8, 4) is 0 Å². The lowest BCUT2D eigenvalue weighted by Crippen LogP contribution is -2.42. The predicted octanol–water partition coefficient (Wildman–Crippen LogP) is 1.75. The molecule has 0 atom stereocenters. The van der Waals surface area contributed by atoms with E-state index in [1.807, 2.05) is 32.0 Å². The Morgan fingerprint density at radius 3 is 2.41 bits per heavy atom. The number of hydrogen-bond donors (Lipinski definition) is 2. The second-order valence-corrected chi connectivity index (χ2v) is 4.58. The van der Waals surface area contributed by atoms with Gasteiger partial charge in [-0.25, -0.2) is 0 Å². The lowest BCUT2D eigenvalue weighted by atomic mass is 9.92. The molecular weight excluding hydrogens is 236 g/mol. The quantitative estimate of drug-likeness (QED) is 0.843. The molecule has 0 radical (unpaired) electrons. The van der Waals surface area contributed by atoms with Crippen LogP contribution in [0.1, 0.15) is 19.4 Å². The zero-order valence-electron chi connectivity index (χ0n) is 10.4. The molecule has 0 heterocycles. The molecule has 1 aromatic carbocycles. The van der Waals surface area contributed by atoms with Gasteiger partial charge in [0.15, 0.2) is 0 Å². The van der Waals surface area contributed by atoms with E-state index in [0.29, 0.717) is 13.1 Å². The van der Waals surface area contributed by atoms with E-state index < -0.39 is 5.41 Å². The van der Waals surface area contributed by atoms with Crippen molar-refractivity contribution in [2.45, 2.75) is 20.3 Å². The lowest BCUT2D eigenvalue weighted by Gasteiger charge is -2.21. The van der Waals surface area contributed by atoms with Crippen molar-refractivity contribution in [2.75, 3.05) is 13.1 Å². The molecular formula is C13H21ClN2O. The summed E-state index contributed by atoms with van der Waals surface area (Å²) in [6.07, 6.45) is 0.854. The van der Waals surface area contributed by atoms with E-state index >= 15 is 0 Å². The third-order valence-electron chi connectivity index (χ3n) is 2.67. The normalized spacial score (nSPS) is 10.5. The molecule has 0 aliphatic carbocycles. The van der Waals surface area contributed by atoms with E-state index in [0.717, 1.165) is 6.42 Å². The molecule has 1 aromatic rings. The van der Waals surface area contributed by atoms with Crippen molar-refractivity contribution in [3.63, 3.8) is 0 Å². The number of carbonyl (C=O) groups excluding carboxylic acids is 1. The summed E-state index contributed by atoms with van der Waals surface area (Å²) in [5.74, 6) is 0.0194. The van der Waals surface area contributed by atoms with Crippen LogP contribution in [0.2, 0.25) is 0 Å². The monoisotopic (exact) mass is 256 g/mol. The Labute approximate surface area is 109 Å². The number of benzene rings is 1. The molecule has 3 nitrogen and oxygen atoms in total. The maximum atomic E-state index is 11.7. The first-order valence-electron chi connectivity index (χ1n) is 5.58. The summed E-state index contributed by atoms with van der Waals surface area (Å²) in [6, 6.07) is 10.1. The summed E-state index contributed by atoms with van der Waals surface area (Å²) in [5.41, 5.74) is 6.28. The number of carbonyl (C=O) groups is 1. The van der Waals surface area contributed by atoms with Gasteiger partial charge >= 0.3 is 0 Å². The van der Waals surface area contributed by atoms with Gasteiger partial charge in [-0.15, -0.1) is 12.4 Å². The van der Waals surface area contributed by atoms with Gasteiger partial charge in [0.1, 0.15) is 0 Å². The molecule has 0 saturated carbocycles. The minimum absolute atomic E-state index is 0. The molecule has 0 aliphatic heterocycles. The van der Waals surface area contributed by atoms with Gasteiger partial charge in [0.05, 0.1) is 5.41 Å². The summed E-state index contributed by atoms with van der Waals surface area (Å²) < 4.78 is 0. The van der Waals surface area contributed by atoms with Crippen molar-refractivity contribution in [1.82, 2.24) is 5.32 Å². The van der Waals surface area contributed by atoms with E-state index in [-0.39, 0.29) is 18.3 Å². The molecule has 0 aromatic heterocycles. The highest BCUT2D eigenvalue weighted by molar-refractivity contribution is 5.85. The average molecular weight is 257 g/mol. The molecule has 3 N–H and O–H groups in total. The van der Waals surface area contributed by atoms with Crippen molar-refractivity contribution >= 4 is 18.3 Å². The topological polar surface area (TPSA) is 55.1 Å². The molecule has 0 bridgehead atoms. The van der Waals surface area contributed by atoms with Crippen LogP contribution >= 0.6 is 12.4 Å². The van der Waals surface area contributed by atoms with E-state index in [9.17, 15) is 4.79 Å². The van der Waals surface area contributed by atoms with Crippen LogP contribution in [-0.4, -0.2) is 19.0 Å². The third-order valence-corrected chi connectivity index (χ3v) is 2.67. The Hall–Kier alpha value is -1.06. The van der Waals surface area contributed by atoms with Crippen LogP contribution in [0.15, 0.2) is 30.3 Å². The SMILES string of the molecule is CC(C)(CN)C(=O)NCCc1ccccc1.Cl. The molecule has 0 unspecified atom stereocenters. The molecule has 0 spiro atoms. The fourth-order valence-corrected chi connectivity index (χ4v) is 1.30. The van der Waals surface area contributed by atoms with Crippen LogP contribution in [0.5, 0.6) is 0 Å². The molecule has 4 heteroatoms. The minimum Gasteiger partial charge on any atom is -0.355 e. The second kappa shape index (κ2) is 7.30. The zero-order valence-corrected chi connectivity index (χ0v) is 11.2. The molecule has 1 rings (SSSR count). The molecule has 0 saturated heterocycles. The van der Waals surface area contributed by atoms with Gasteiger partial charge in [0.25, 0.3) is 0 Å². The lowest BCUT2D eigenvalue weighted by molar-refractivity contribution is -0.128. The molecule has 0 aliphatic rings.